The molecule has 0 amide bonds. The van der Waals surface area contributed by atoms with Gasteiger partial charge >= 0.3 is 11.9 Å². The monoisotopic (exact) mass is 305 g/mol. The molecule has 0 saturated carbocycles. The molecule has 0 bridgehead atoms. The summed E-state index contributed by atoms with van der Waals surface area (Å²) in [5.41, 5.74) is 8.00. The van der Waals surface area contributed by atoms with Crippen LogP contribution in [0.25, 0.3) is 10.9 Å². The molecule has 0 saturated heterocycles. The van der Waals surface area contributed by atoms with Crippen LogP contribution < -0.4 is 5.73 Å². The number of carboxylic acid groups (broad SMARTS) is 2. The minimum Gasteiger partial charge on any atom is -0.478 e. The molecule has 0 aliphatic carbocycles. The average Bonchev–Trinajstić information content (AvgIpc) is 2.74. The van der Waals surface area contributed by atoms with E-state index in [1.54, 1.807) is 0 Å². The molecule has 7 heteroatoms. The first-order valence-corrected chi connectivity index (χ1v) is 6.63. The van der Waals surface area contributed by atoms with Gasteiger partial charge in [-0.1, -0.05) is 18.2 Å². The quantitative estimate of drug-likeness (QED) is 0.735. The number of aromatic nitrogens is 2. The Morgan fingerprint density at radius 1 is 1.27 bits per heavy atom. The highest BCUT2D eigenvalue weighted by atomic mass is 16.4. The maximum absolute atomic E-state index is 9.55. The van der Waals surface area contributed by atoms with Crippen molar-refractivity contribution in [1.29, 1.82) is 0 Å². The molecular formula is C15H19N3O4. The maximum atomic E-state index is 9.55. The third-order valence-electron chi connectivity index (χ3n) is 2.67. The highest BCUT2D eigenvalue weighted by Crippen LogP contribution is 2.17. The molecule has 2 rings (SSSR count). The summed E-state index contributed by atoms with van der Waals surface area (Å²) in [6.45, 7) is 4.79. The summed E-state index contributed by atoms with van der Waals surface area (Å²) in [5.74, 6) is -2.51. The second-order valence-electron chi connectivity index (χ2n) is 4.77. The predicted octanol–water partition coefficient (Wildman–Crippen LogP) is 1.40. The van der Waals surface area contributed by atoms with Gasteiger partial charge in [0.25, 0.3) is 0 Å². The Bertz CT molecular complexity index is 673. The lowest BCUT2D eigenvalue weighted by Crippen LogP contribution is -2.22. The van der Waals surface area contributed by atoms with E-state index < -0.39 is 11.9 Å². The molecule has 22 heavy (non-hydrogen) atoms. The number of nitrogens with zero attached hydrogens (tertiary/aromatic N) is 2. The fraction of sp³-hybridized carbons (Fsp3) is 0.267. The predicted molar refractivity (Wildman–Crippen MR) is 82.5 cm³/mol. The lowest BCUT2D eigenvalue weighted by molar-refractivity contribution is -0.134. The minimum absolute atomic E-state index is 0.137. The summed E-state index contributed by atoms with van der Waals surface area (Å²) in [4.78, 5) is 19.1. The van der Waals surface area contributed by atoms with Gasteiger partial charge in [-0.2, -0.15) is 5.10 Å². The molecule has 0 fully saturated rings. The zero-order chi connectivity index (χ0) is 16.7. The molecular weight excluding hydrogens is 286 g/mol. The van der Waals surface area contributed by atoms with Gasteiger partial charge in [-0.3, -0.25) is 4.68 Å². The normalized spacial score (nSPS) is 12.0. The molecule has 0 spiro atoms. The van der Waals surface area contributed by atoms with Gasteiger partial charge in [0.2, 0.25) is 0 Å². The highest BCUT2D eigenvalue weighted by molar-refractivity contribution is 5.89. The lowest BCUT2D eigenvalue weighted by Gasteiger charge is -2.05. The van der Waals surface area contributed by atoms with Crippen molar-refractivity contribution in [2.45, 2.75) is 26.4 Å². The molecule has 0 aliphatic rings. The number of nitrogens with two attached hydrogens (primary N) is 1. The van der Waals surface area contributed by atoms with Crippen LogP contribution in [0.5, 0.6) is 0 Å². The van der Waals surface area contributed by atoms with Crippen molar-refractivity contribution in [3.8, 4) is 0 Å². The summed E-state index contributed by atoms with van der Waals surface area (Å²) in [7, 11) is 0. The van der Waals surface area contributed by atoms with Crippen LogP contribution in [-0.4, -0.2) is 38.0 Å². The van der Waals surface area contributed by atoms with E-state index >= 15 is 0 Å². The molecule has 1 atom stereocenters. The number of hydrogen-bond acceptors (Lipinski definition) is 4. The van der Waals surface area contributed by atoms with E-state index in [2.05, 4.69) is 17.2 Å². The van der Waals surface area contributed by atoms with Crippen molar-refractivity contribution in [2.24, 2.45) is 5.73 Å². The largest absolute Gasteiger partial charge is 0.478 e. The number of benzene rings is 1. The zero-order valence-electron chi connectivity index (χ0n) is 12.4. The Kier molecular flexibility index (Phi) is 6.27. The number of fused-ring (bicyclic) bond motifs is 1. The number of aryl methyl sites for hydroxylation is 1. The van der Waals surface area contributed by atoms with E-state index in [0.717, 1.165) is 12.2 Å². The van der Waals surface area contributed by atoms with Crippen molar-refractivity contribution < 1.29 is 19.8 Å². The van der Waals surface area contributed by atoms with Gasteiger partial charge in [0.1, 0.15) is 0 Å². The van der Waals surface area contributed by atoms with Crippen LogP contribution in [0.4, 0.5) is 0 Å². The molecule has 1 unspecified atom stereocenters. The Morgan fingerprint density at radius 3 is 2.32 bits per heavy atom. The number of aliphatic carboxylic acids is 2. The SMILES string of the molecule is Cc1nn(CC(C)N)c2ccccc12.O=C(O)/C=C/C(=O)O. The van der Waals surface area contributed by atoms with E-state index in [1.807, 2.05) is 30.7 Å². The third kappa shape index (κ3) is 5.37. The van der Waals surface area contributed by atoms with E-state index in [9.17, 15) is 9.59 Å². The molecule has 4 N–H and O–H groups in total. The molecule has 2 aromatic rings. The van der Waals surface area contributed by atoms with E-state index in [1.165, 1.54) is 10.9 Å². The molecule has 1 aromatic carbocycles. The van der Waals surface area contributed by atoms with Gasteiger partial charge < -0.3 is 15.9 Å². The topological polar surface area (TPSA) is 118 Å². The summed E-state index contributed by atoms with van der Waals surface area (Å²) in [6.07, 6.45) is 1.12. The van der Waals surface area contributed by atoms with Crippen molar-refractivity contribution in [3.05, 3.63) is 42.1 Å². The smallest absolute Gasteiger partial charge is 0.328 e. The van der Waals surface area contributed by atoms with E-state index in [4.69, 9.17) is 15.9 Å². The lowest BCUT2D eigenvalue weighted by atomic mass is 10.2. The van der Waals surface area contributed by atoms with Gasteiger partial charge in [0.05, 0.1) is 17.8 Å². The number of carboxylic acids is 2. The molecule has 0 radical (unpaired) electrons. The van der Waals surface area contributed by atoms with Crippen LogP contribution >= 0.6 is 0 Å². The number of carbonyl (C=O) groups is 2. The number of rotatable bonds is 4. The second kappa shape index (κ2) is 7.94. The Balaban J connectivity index is 0.000000261. The van der Waals surface area contributed by atoms with Crippen LogP contribution in [0, 0.1) is 6.92 Å². The van der Waals surface area contributed by atoms with Crippen LogP contribution in [0.3, 0.4) is 0 Å². The molecule has 7 nitrogen and oxygen atoms in total. The third-order valence-corrected chi connectivity index (χ3v) is 2.67. The van der Waals surface area contributed by atoms with Crippen molar-refractivity contribution in [1.82, 2.24) is 9.78 Å². The number of hydrogen-bond donors (Lipinski definition) is 3. The Hall–Kier alpha value is -2.67. The summed E-state index contributed by atoms with van der Waals surface area (Å²) < 4.78 is 1.98. The van der Waals surface area contributed by atoms with Crippen molar-refractivity contribution in [3.63, 3.8) is 0 Å². The van der Waals surface area contributed by atoms with E-state index in [-0.39, 0.29) is 6.04 Å². The second-order valence-corrected chi connectivity index (χ2v) is 4.77. The van der Waals surface area contributed by atoms with Crippen LogP contribution in [0.1, 0.15) is 12.6 Å². The van der Waals surface area contributed by atoms with Gasteiger partial charge in [0.15, 0.2) is 0 Å². The molecule has 118 valence electrons. The number of para-hydroxylation sites is 1. The summed E-state index contributed by atoms with van der Waals surface area (Å²) in [5, 5.41) is 21.3. The zero-order valence-corrected chi connectivity index (χ0v) is 12.4. The summed E-state index contributed by atoms with van der Waals surface area (Å²) >= 11 is 0. The van der Waals surface area contributed by atoms with Crippen LogP contribution in [-0.2, 0) is 16.1 Å². The van der Waals surface area contributed by atoms with Gasteiger partial charge in [0, 0.05) is 23.6 Å². The van der Waals surface area contributed by atoms with Crippen LogP contribution in [0.2, 0.25) is 0 Å². The van der Waals surface area contributed by atoms with Crippen molar-refractivity contribution in [2.75, 3.05) is 0 Å². The van der Waals surface area contributed by atoms with E-state index in [0.29, 0.717) is 12.2 Å². The average molecular weight is 305 g/mol. The fourth-order valence-electron chi connectivity index (χ4n) is 1.85. The maximum Gasteiger partial charge on any atom is 0.328 e. The Morgan fingerprint density at radius 2 is 1.82 bits per heavy atom. The molecule has 1 aromatic heterocycles. The van der Waals surface area contributed by atoms with Crippen molar-refractivity contribution >= 4 is 22.8 Å². The first-order valence-electron chi connectivity index (χ1n) is 6.63. The van der Waals surface area contributed by atoms with Gasteiger partial charge in [-0.15, -0.1) is 0 Å². The minimum atomic E-state index is -1.26. The molecule has 0 aliphatic heterocycles. The van der Waals surface area contributed by atoms with Gasteiger partial charge in [-0.25, -0.2) is 9.59 Å². The fourth-order valence-corrected chi connectivity index (χ4v) is 1.85. The van der Waals surface area contributed by atoms with Gasteiger partial charge in [-0.05, 0) is 19.9 Å². The highest BCUT2D eigenvalue weighted by Gasteiger charge is 2.06. The standard InChI is InChI=1S/C11H15N3.C4H4O4/c1-8(12)7-14-11-6-4-3-5-10(11)9(2)13-14;5-3(6)1-2-4(7)8/h3-6,8H,7,12H2,1-2H3;1-2H,(H,5,6)(H,7,8)/b;2-1+. The first-order chi connectivity index (χ1) is 10.3. The Labute approximate surface area is 127 Å². The first kappa shape index (κ1) is 17.4. The van der Waals surface area contributed by atoms with Crippen LogP contribution in [0.15, 0.2) is 36.4 Å². The molecule has 1 heterocycles. The summed E-state index contributed by atoms with van der Waals surface area (Å²) in [6, 6.07) is 8.37.